The van der Waals surface area contributed by atoms with Crippen LogP contribution in [0.3, 0.4) is 0 Å². The molecule has 158 valence electrons. The normalized spacial score (nSPS) is 16.1. The van der Waals surface area contributed by atoms with E-state index in [0.717, 1.165) is 61.7 Å². The van der Waals surface area contributed by atoms with Crippen LogP contribution in [0.2, 0.25) is 0 Å². The maximum atomic E-state index is 13.4. The van der Waals surface area contributed by atoms with Crippen molar-refractivity contribution in [2.45, 2.75) is 45.3 Å². The number of alkyl halides is 2. The molecule has 0 radical (unpaired) electrons. The average molecular weight is 412 g/mol. The minimum atomic E-state index is -2.80. The summed E-state index contributed by atoms with van der Waals surface area (Å²) in [4.78, 5) is 17.0. The van der Waals surface area contributed by atoms with Gasteiger partial charge in [0.05, 0.1) is 0 Å². The van der Waals surface area contributed by atoms with Gasteiger partial charge >= 0.3 is 0 Å². The maximum absolute atomic E-state index is 13.4. The van der Waals surface area contributed by atoms with Gasteiger partial charge in [0, 0.05) is 43.7 Å². The predicted molar refractivity (Wildman–Crippen MR) is 114 cm³/mol. The molecule has 1 fully saturated rings. The zero-order valence-electron chi connectivity index (χ0n) is 17.3. The van der Waals surface area contributed by atoms with Crippen molar-refractivity contribution < 1.29 is 13.5 Å². The number of piperidine rings is 1. The summed E-state index contributed by atoms with van der Waals surface area (Å²) in [5.41, 5.74) is 1.95. The summed E-state index contributed by atoms with van der Waals surface area (Å²) in [7, 11) is 0. The number of likely N-dealkylation sites (tertiary alicyclic amines) is 1. The van der Waals surface area contributed by atoms with E-state index in [0.29, 0.717) is 5.39 Å². The third-order valence-electron chi connectivity index (χ3n) is 5.76. The Bertz CT molecular complexity index is 1080. The fraction of sp³-hybridized carbons (Fsp3) is 0.375. The molecule has 0 amide bonds. The summed E-state index contributed by atoms with van der Waals surface area (Å²) in [6.45, 7) is 5.41. The van der Waals surface area contributed by atoms with Crippen LogP contribution in [0.25, 0.3) is 10.8 Å². The van der Waals surface area contributed by atoms with Gasteiger partial charge in [0.2, 0.25) is 0 Å². The van der Waals surface area contributed by atoms with E-state index in [2.05, 4.69) is 9.88 Å². The molecule has 1 N–H and O–H groups in total. The summed E-state index contributed by atoms with van der Waals surface area (Å²) >= 11 is 0. The highest BCUT2D eigenvalue weighted by atomic mass is 19.3. The molecule has 0 atom stereocenters. The Morgan fingerprint density at radius 1 is 1.13 bits per heavy atom. The van der Waals surface area contributed by atoms with Crippen LogP contribution in [0.4, 0.5) is 8.78 Å². The quantitative estimate of drug-likeness (QED) is 0.642. The van der Waals surface area contributed by atoms with Crippen molar-refractivity contribution in [3.05, 3.63) is 75.7 Å². The van der Waals surface area contributed by atoms with Gasteiger partial charge in [-0.1, -0.05) is 24.3 Å². The number of hydrogen-bond donors (Lipinski definition) is 1. The lowest BCUT2D eigenvalue weighted by atomic mass is 10.0. The second-order valence-corrected chi connectivity index (χ2v) is 8.19. The highest BCUT2D eigenvalue weighted by molar-refractivity contribution is 5.83. The Kier molecular flexibility index (Phi) is 5.60. The number of nitrogens with one attached hydrogen (secondary N) is 1. The van der Waals surface area contributed by atoms with Crippen molar-refractivity contribution in [3.8, 4) is 5.75 Å². The molecule has 6 heteroatoms. The first-order valence-corrected chi connectivity index (χ1v) is 10.3. The molecule has 1 saturated heterocycles. The lowest BCUT2D eigenvalue weighted by molar-refractivity contribution is 0.0174. The summed E-state index contributed by atoms with van der Waals surface area (Å²) in [5.74, 6) is -1.98. The molecule has 30 heavy (non-hydrogen) atoms. The molecule has 1 aliphatic rings. The highest BCUT2D eigenvalue weighted by Crippen LogP contribution is 2.28. The predicted octanol–water partition coefficient (Wildman–Crippen LogP) is 4.99. The Morgan fingerprint density at radius 2 is 1.83 bits per heavy atom. The molecule has 1 aromatic heterocycles. The van der Waals surface area contributed by atoms with Crippen molar-refractivity contribution in [2.75, 3.05) is 13.1 Å². The number of H-pyrrole nitrogens is 1. The number of halogens is 2. The van der Waals surface area contributed by atoms with E-state index >= 15 is 0 Å². The van der Waals surface area contributed by atoms with Crippen LogP contribution in [-0.2, 0) is 12.5 Å². The van der Waals surface area contributed by atoms with Crippen molar-refractivity contribution in [3.63, 3.8) is 0 Å². The summed E-state index contributed by atoms with van der Waals surface area (Å²) in [6, 6.07) is 12.3. The van der Waals surface area contributed by atoms with Crippen LogP contribution in [0.1, 0.15) is 36.5 Å². The molecule has 2 heterocycles. The van der Waals surface area contributed by atoms with Gasteiger partial charge in [-0.2, -0.15) is 0 Å². The van der Waals surface area contributed by atoms with E-state index in [1.165, 1.54) is 12.1 Å². The summed E-state index contributed by atoms with van der Waals surface area (Å²) in [6.07, 6.45) is 3.58. The first-order valence-electron chi connectivity index (χ1n) is 10.3. The molecule has 0 unspecified atom stereocenters. The van der Waals surface area contributed by atoms with Gasteiger partial charge in [-0.15, -0.1) is 0 Å². The van der Waals surface area contributed by atoms with Gasteiger partial charge < -0.3 is 9.72 Å². The Balaban J connectivity index is 1.35. The SMILES string of the molecule is Cc1cc2c(=O)[nH]ccc2cc1OC1CCN(Cc2ccc(C(C)(F)F)cc2)CC1. The number of hydrogen-bond acceptors (Lipinski definition) is 3. The van der Waals surface area contributed by atoms with Crippen LogP contribution in [0, 0.1) is 6.92 Å². The summed E-state index contributed by atoms with van der Waals surface area (Å²) in [5, 5.41) is 1.54. The molecular weight excluding hydrogens is 386 g/mol. The number of nitrogens with zero attached hydrogens (tertiary/aromatic N) is 1. The van der Waals surface area contributed by atoms with Gasteiger partial charge in [0.1, 0.15) is 11.9 Å². The molecule has 0 aliphatic carbocycles. The lowest BCUT2D eigenvalue weighted by Crippen LogP contribution is -2.37. The molecule has 0 bridgehead atoms. The van der Waals surface area contributed by atoms with Crippen molar-refractivity contribution in [2.24, 2.45) is 0 Å². The number of aromatic amines is 1. The summed E-state index contributed by atoms with van der Waals surface area (Å²) < 4.78 is 33.0. The smallest absolute Gasteiger partial charge is 0.270 e. The van der Waals surface area contributed by atoms with Crippen molar-refractivity contribution >= 4 is 10.8 Å². The first-order chi connectivity index (χ1) is 14.3. The average Bonchev–Trinajstić information content (AvgIpc) is 2.71. The molecule has 0 saturated carbocycles. The van der Waals surface area contributed by atoms with Crippen molar-refractivity contribution in [1.29, 1.82) is 0 Å². The molecule has 3 aromatic rings. The van der Waals surface area contributed by atoms with Gasteiger partial charge in [-0.25, -0.2) is 8.78 Å². The largest absolute Gasteiger partial charge is 0.490 e. The van der Waals surface area contributed by atoms with E-state index < -0.39 is 5.92 Å². The van der Waals surface area contributed by atoms with Gasteiger partial charge in [0.15, 0.2) is 0 Å². The second kappa shape index (κ2) is 8.19. The monoisotopic (exact) mass is 412 g/mol. The van der Waals surface area contributed by atoms with Crippen LogP contribution in [0.15, 0.2) is 53.5 Å². The van der Waals surface area contributed by atoms with E-state index in [4.69, 9.17) is 4.74 Å². The van der Waals surface area contributed by atoms with E-state index in [1.807, 2.05) is 25.1 Å². The first kappa shape index (κ1) is 20.5. The minimum absolute atomic E-state index is 0.0473. The number of benzene rings is 2. The van der Waals surface area contributed by atoms with Crippen LogP contribution < -0.4 is 10.3 Å². The van der Waals surface area contributed by atoms with Crippen LogP contribution >= 0.6 is 0 Å². The molecule has 4 rings (SSSR count). The third-order valence-corrected chi connectivity index (χ3v) is 5.76. The second-order valence-electron chi connectivity index (χ2n) is 8.19. The van der Waals surface area contributed by atoms with Crippen molar-refractivity contribution in [1.82, 2.24) is 9.88 Å². The third kappa shape index (κ3) is 4.54. The number of pyridine rings is 1. The van der Waals surface area contributed by atoms with E-state index in [-0.39, 0.29) is 17.2 Å². The standard InChI is InChI=1S/C24H26F2N2O2/c1-16-13-21-18(7-10-27-23(21)29)14-22(16)30-20-8-11-28(12-9-20)15-17-3-5-19(6-4-17)24(2,25)26/h3-7,10,13-14,20H,8-9,11-12,15H2,1-2H3,(H,27,29). The molecule has 2 aromatic carbocycles. The Hall–Kier alpha value is -2.73. The van der Waals surface area contributed by atoms with Crippen LogP contribution in [-0.4, -0.2) is 29.1 Å². The molecule has 1 aliphatic heterocycles. The fourth-order valence-electron chi connectivity index (χ4n) is 3.98. The number of rotatable bonds is 5. The molecule has 4 nitrogen and oxygen atoms in total. The highest BCUT2D eigenvalue weighted by Gasteiger charge is 2.24. The Labute approximate surface area is 174 Å². The molecule has 0 spiro atoms. The van der Waals surface area contributed by atoms with Gasteiger partial charge in [-0.3, -0.25) is 9.69 Å². The van der Waals surface area contributed by atoms with E-state index in [9.17, 15) is 13.6 Å². The Morgan fingerprint density at radius 3 is 2.50 bits per heavy atom. The number of aromatic nitrogens is 1. The van der Waals surface area contributed by atoms with Crippen LogP contribution in [0.5, 0.6) is 5.75 Å². The zero-order chi connectivity index (χ0) is 21.3. The van der Waals surface area contributed by atoms with Gasteiger partial charge in [-0.05, 0) is 54.5 Å². The number of aryl methyl sites for hydroxylation is 1. The topological polar surface area (TPSA) is 45.3 Å². The van der Waals surface area contributed by atoms with E-state index in [1.54, 1.807) is 18.3 Å². The maximum Gasteiger partial charge on any atom is 0.270 e. The number of fused-ring (bicyclic) bond motifs is 1. The fourth-order valence-corrected chi connectivity index (χ4v) is 3.98. The number of ether oxygens (including phenoxy) is 1. The molecular formula is C24H26F2N2O2. The minimum Gasteiger partial charge on any atom is -0.490 e. The van der Waals surface area contributed by atoms with Gasteiger partial charge in [0.25, 0.3) is 11.5 Å². The zero-order valence-corrected chi connectivity index (χ0v) is 17.3. The lowest BCUT2D eigenvalue weighted by Gasteiger charge is -2.32.